The number of pyridine rings is 1. The third-order valence-electron chi connectivity index (χ3n) is 3.31. The quantitative estimate of drug-likeness (QED) is 0.865. The minimum Gasteiger partial charge on any atom is -0.493 e. The average Bonchev–Trinajstić information content (AvgIpc) is 2.51. The second-order valence-corrected chi connectivity index (χ2v) is 5.41. The van der Waals surface area contributed by atoms with Gasteiger partial charge in [-0.05, 0) is 24.6 Å². The number of methoxy groups -OCH3 is 1. The number of aromatic nitrogens is 1. The maximum absolute atomic E-state index is 9.82. The molecule has 0 fully saturated rings. The van der Waals surface area contributed by atoms with Gasteiger partial charge in [0.05, 0.1) is 30.4 Å². The van der Waals surface area contributed by atoms with E-state index in [1.54, 1.807) is 13.2 Å². The lowest BCUT2D eigenvalue weighted by Gasteiger charge is -2.19. The van der Waals surface area contributed by atoms with Crippen molar-refractivity contribution in [1.82, 2.24) is 4.98 Å². The third kappa shape index (κ3) is 3.46. The molecule has 0 aliphatic carbocycles. The summed E-state index contributed by atoms with van der Waals surface area (Å²) in [7, 11) is 1.58. The molecule has 0 saturated carbocycles. The molecule has 4 nitrogen and oxygen atoms in total. The van der Waals surface area contributed by atoms with Crippen molar-refractivity contribution in [3.05, 3.63) is 51.8 Å². The van der Waals surface area contributed by atoms with E-state index in [9.17, 15) is 5.11 Å². The van der Waals surface area contributed by atoms with Gasteiger partial charge in [0, 0.05) is 23.9 Å². The van der Waals surface area contributed by atoms with Crippen LogP contribution in [-0.4, -0.2) is 30.4 Å². The van der Waals surface area contributed by atoms with Gasteiger partial charge < -0.3 is 14.6 Å². The van der Waals surface area contributed by atoms with Gasteiger partial charge in [-0.1, -0.05) is 29.3 Å². The van der Waals surface area contributed by atoms with Crippen molar-refractivity contribution in [2.45, 2.75) is 12.8 Å². The molecular formula is C16H17Cl2NO3. The molecule has 1 unspecified atom stereocenters. The fourth-order valence-electron chi connectivity index (χ4n) is 2.30. The number of benzene rings is 1. The number of aliphatic hydroxyl groups is 1. The zero-order chi connectivity index (χ0) is 16.1. The van der Waals surface area contributed by atoms with Gasteiger partial charge in [0.2, 0.25) is 0 Å². The Hall–Kier alpha value is -1.49. The molecule has 118 valence electrons. The summed E-state index contributed by atoms with van der Waals surface area (Å²) >= 11 is 12.4. The summed E-state index contributed by atoms with van der Waals surface area (Å²) in [5.74, 6) is 0.879. The molecule has 0 aliphatic rings. The van der Waals surface area contributed by atoms with Crippen LogP contribution in [0.5, 0.6) is 11.5 Å². The Kier molecular flexibility index (Phi) is 5.89. The summed E-state index contributed by atoms with van der Waals surface area (Å²) in [6.07, 6.45) is 3.02. The first-order chi connectivity index (χ1) is 10.6. The van der Waals surface area contributed by atoms with Crippen LogP contribution in [-0.2, 0) is 0 Å². The number of ether oxygens (including phenoxy) is 2. The number of rotatable bonds is 6. The number of aliphatic hydroxyl groups excluding tert-OH is 1. The van der Waals surface area contributed by atoms with Crippen LogP contribution in [0.1, 0.15) is 24.0 Å². The Morgan fingerprint density at radius 2 is 1.86 bits per heavy atom. The molecule has 2 rings (SSSR count). The van der Waals surface area contributed by atoms with E-state index in [2.05, 4.69) is 4.98 Å². The number of nitrogens with zero attached hydrogens (tertiary/aromatic N) is 1. The molecule has 0 aliphatic heterocycles. The molecule has 1 aromatic heterocycles. The van der Waals surface area contributed by atoms with Crippen LogP contribution in [0.15, 0.2) is 30.6 Å². The monoisotopic (exact) mass is 341 g/mol. The van der Waals surface area contributed by atoms with Crippen LogP contribution < -0.4 is 9.47 Å². The lowest BCUT2D eigenvalue weighted by atomic mass is 9.92. The Bertz CT molecular complexity index is 629. The SMILES string of the molecule is CCOc1cc(C(CO)c2c(Cl)cncc2Cl)ccc1OC. The molecule has 1 atom stereocenters. The Balaban J connectivity index is 2.50. The fourth-order valence-corrected chi connectivity index (χ4v) is 2.92. The van der Waals surface area contributed by atoms with Crippen molar-refractivity contribution in [2.75, 3.05) is 20.3 Å². The summed E-state index contributed by atoms with van der Waals surface area (Å²) in [5.41, 5.74) is 1.48. The largest absolute Gasteiger partial charge is 0.493 e. The van der Waals surface area contributed by atoms with Crippen molar-refractivity contribution >= 4 is 23.2 Å². The minimum atomic E-state index is -0.367. The highest BCUT2D eigenvalue weighted by molar-refractivity contribution is 6.35. The predicted octanol–water partition coefficient (Wildman–Crippen LogP) is 3.92. The van der Waals surface area contributed by atoms with Crippen LogP contribution in [0.2, 0.25) is 10.0 Å². The van der Waals surface area contributed by atoms with E-state index in [4.69, 9.17) is 32.7 Å². The van der Waals surface area contributed by atoms with Gasteiger partial charge >= 0.3 is 0 Å². The molecular weight excluding hydrogens is 325 g/mol. The van der Waals surface area contributed by atoms with E-state index in [1.165, 1.54) is 12.4 Å². The van der Waals surface area contributed by atoms with Crippen LogP contribution in [0.4, 0.5) is 0 Å². The number of halogens is 2. The molecule has 0 amide bonds. The highest BCUT2D eigenvalue weighted by Crippen LogP contribution is 2.38. The number of hydrogen-bond acceptors (Lipinski definition) is 4. The van der Waals surface area contributed by atoms with E-state index in [0.29, 0.717) is 33.7 Å². The molecule has 1 aromatic carbocycles. The lowest BCUT2D eigenvalue weighted by molar-refractivity contribution is 0.279. The highest BCUT2D eigenvalue weighted by atomic mass is 35.5. The van der Waals surface area contributed by atoms with Crippen LogP contribution in [0.25, 0.3) is 0 Å². The summed E-state index contributed by atoms with van der Waals surface area (Å²) < 4.78 is 10.8. The highest BCUT2D eigenvalue weighted by Gasteiger charge is 2.21. The minimum absolute atomic E-state index is 0.138. The number of hydrogen-bond donors (Lipinski definition) is 1. The van der Waals surface area contributed by atoms with E-state index in [0.717, 1.165) is 5.56 Å². The van der Waals surface area contributed by atoms with Crippen molar-refractivity contribution in [3.8, 4) is 11.5 Å². The van der Waals surface area contributed by atoms with Crippen molar-refractivity contribution in [1.29, 1.82) is 0 Å². The van der Waals surface area contributed by atoms with Crippen LogP contribution in [0, 0.1) is 0 Å². The molecule has 2 aromatic rings. The van der Waals surface area contributed by atoms with Crippen molar-refractivity contribution < 1.29 is 14.6 Å². The molecule has 0 bridgehead atoms. The Labute approximate surface area is 139 Å². The van der Waals surface area contributed by atoms with E-state index in [1.807, 2.05) is 19.1 Å². The molecule has 0 radical (unpaired) electrons. The van der Waals surface area contributed by atoms with Gasteiger partial charge in [-0.25, -0.2) is 0 Å². The lowest BCUT2D eigenvalue weighted by Crippen LogP contribution is -2.09. The predicted molar refractivity (Wildman–Crippen MR) is 87.3 cm³/mol. The first-order valence-electron chi connectivity index (χ1n) is 6.82. The summed E-state index contributed by atoms with van der Waals surface area (Å²) in [6, 6.07) is 5.48. The van der Waals surface area contributed by atoms with Gasteiger partial charge in [0.15, 0.2) is 11.5 Å². The van der Waals surface area contributed by atoms with Gasteiger partial charge in [-0.2, -0.15) is 0 Å². The molecule has 0 saturated heterocycles. The second-order valence-electron chi connectivity index (χ2n) is 4.60. The van der Waals surface area contributed by atoms with Gasteiger partial charge in [-0.3, -0.25) is 4.98 Å². The normalized spacial score (nSPS) is 12.0. The second kappa shape index (κ2) is 7.68. The topological polar surface area (TPSA) is 51.6 Å². The van der Waals surface area contributed by atoms with E-state index in [-0.39, 0.29) is 12.5 Å². The Morgan fingerprint density at radius 1 is 1.18 bits per heavy atom. The van der Waals surface area contributed by atoms with Gasteiger partial charge in [0.1, 0.15) is 0 Å². The zero-order valence-corrected chi connectivity index (χ0v) is 13.9. The van der Waals surface area contributed by atoms with Crippen molar-refractivity contribution in [2.24, 2.45) is 0 Å². The maximum atomic E-state index is 9.82. The first-order valence-corrected chi connectivity index (χ1v) is 7.58. The molecule has 0 spiro atoms. The third-order valence-corrected chi connectivity index (χ3v) is 3.91. The van der Waals surface area contributed by atoms with E-state index < -0.39 is 0 Å². The smallest absolute Gasteiger partial charge is 0.161 e. The molecule has 1 N–H and O–H groups in total. The average molecular weight is 342 g/mol. The van der Waals surface area contributed by atoms with E-state index >= 15 is 0 Å². The van der Waals surface area contributed by atoms with Crippen LogP contribution >= 0.6 is 23.2 Å². The van der Waals surface area contributed by atoms with Gasteiger partial charge in [-0.15, -0.1) is 0 Å². The molecule has 22 heavy (non-hydrogen) atoms. The molecule has 6 heteroatoms. The molecule has 1 heterocycles. The zero-order valence-electron chi connectivity index (χ0n) is 12.3. The van der Waals surface area contributed by atoms with Crippen LogP contribution in [0.3, 0.4) is 0 Å². The standard InChI is InChI=1S/C16H17Cl2NO3/c1-3-22-15-6-10(4-5-14(15)21-2)11(9-20)16-12(17)7-19-8-13(16)18/h4-8,11,20H,3,9H2,1-2H3. The Morgan fingerprint density at radius 3 is 2.41 bits per heavy atom. The maximum Gasteiger partial charge on any atom is 0.161 e. The van der Waals surface area contributed by atoms with Crippen molar-refractivity contribution in [3.63, 3.8) is 0 Å². The fraction of sp³-hybridized carbons (Fsp3) is 0.312. The van der Waals surface area contributed by atoms with Gasteiger partial charge in [0.25, 0.3) is 0 Å². The first kappa shape index (κ1) is 16.9. The summed E-state index contributed by atoms with van der Waals surface area (Å²) in [5, 5.41) is 10.7. The summed E-state index contributed by atoms with van der Waals surface area (Å²) in [4.78, 5) is 3.94. The summed E-state index contributed by atoms with van der Waals surface area (Å²) in [6.45, 7) is 2.27.